The van der Waals surface area contributed by atoms with E-state index in [2.05, 4.69) is 4.98 Å². The third kappa shape index (κ3) is 4.27. The number of pyridine rings is 1. The van der Waals surface area contributed by atoms with Crippen molar-refractivity contribution in [2.45, 2.75) is 32.4 Å². The molecule has 0 bridgehead atoms. The Hall–Kier alpha value is -1.95. The first-order chi connectivity index (χ1) is 10.4. The molecule has 1 aromatic rings. The average Bonchev–Trinajstić information content (AvgIpc) is 2.48. The van der Waals surface area contributed by atoms with Gasteiger partial charge >= 0.3 is 6.09 Å². The monoisotopic (exact) mass is 305 g/mol. The Morgan fingerprint density at radius 2 is 1.95 bits per heavy atom. The number of rotatable bonds is 3. The normalized spacial score (nSPS) is 17.9. The van der Waals surface area contributed by atoms with E-state index in [1.807, 2.05) is 43.9 Å². The van der Waals surface area contributed by atoms with Crippen LogP contribution in [0.1, 0.15) is 32.5 Å². The third-order valence-electron chi connectivity index (χ3n) is 3.48. The number of amides is 1. The quantitative estimate of drug-likeness (QED) is 0.798. The molecule has 1 amide bonds. The summed E-state index contributed by atoms with van der Waals surface area (Å²) < 4.78 is 5.37. The molecule has 0 saturated carbocycles. The number of hydrogen-bond acceptors (Lipinski definition) is 5. The van der Waals surface area contributed by atoms with Crippen molar-refractivity contribution in [3.8, 4) is 0 Å². The molecule has 0 N–H and O–H groups in total. The highest BCUT2D eigenvalue weighted by molar-refractivity contribution is 5.68. The van der Waals surface area contributed by atoms with Crippen molar-refractivity contribution in [1.82, 2.24) is 14.8 Å². The van der Waals surface area contributed by atoms with Gasteiger partial charge in [-0.05, 0) is 32.9 Å². The van der Waals surface area contributed by atoms with Crippen molar-refractivity contribution in [2.24, 2.45) is 0 Å². The zero-order valence-electron chi connectivity index (χ0n) is 13.4. The first kappa shape index (κ1) is 16.4. The molecule has 120 valence electrons. The molecule has 6 heteroatoms. The van der Waals surface area contributed by atoms with Gasteiger partial charge in [-0.25, -0.2) is 4.79 Å². The van der Waals surface area contributed by atoms with Gasteiger partial charge in [0.2, 0.25) is 0 Å². The van der Waals surface area contributed by atoms with Gasteiger partial charge in [-0.1, -0.05) is 6.07 Å². The molecule has 0 radical (unpaired) electrons. The highest BCUT2D eigenvalue weighted by Crippen LogP contribution is 2.19. The van der Waals surface area contributed by atoms with Gasteiger partial charge in [-0.15, -0.1) is 0 Å². The molecule has 1 unspecified atom stereocenters. The Balaban J connectivity index is 1.94. The summed E-state index contributed by atoms with van der Waals surface area (Å²) >= 11 is 0. The number of ether oxygens (including phenoxy) is 1. The van der Waals surface area contributed by atoms with E-state index >= 15 is 0 Å². The second-order valence-electron chi connectivity index (χ2n) is 6.34. The first-order valence-electron chi connectivity index (χ1n) is 7.49. The van der Waals surface area contributed by atoms with Crippen LogP contribution in [-0.4, -0.2) is 58.9 Å². The van der Waals surface area contributed by atoms with Crippen LogP contribution in [0.3, 0.4) is 0 Å². The molecule has 0 aromatic carbocycles. The van der Waals surface area contributed by atoms with E-state index in [-0.39, 0.29) is 12.1 Å². The van der Waals surface area contributed by atoms with Crippen LogP contribution >= 0.6 is 0 Å². The van der Waals surface area contributed by atoms with Crippen LogP contribution in [0.5, 0.6) is 0 Å². The average molecular weight is 305 g/mol. The smallest absolute Gasteiger partial charge is 0.410 e. The maximum Gasteiger partial charge on any atom is 0.410 e. The lowest BCUT2D eigenvalue weighted by Gasteiger charge is -2.37. The fraction of sp³-hybridized carbons (Fsp3) is 0.562. The zero-order valence-corrected chi connectivity index (χ0v) is 13.4. The summed E-state index contributed by atoms with van der Waals surface area (Å²) in [6.07, 6.45) is 2.29. The summed E-state index contributed by atoms with van der Waals surface area (Å²) in [5.41, 5.74) is 0.247. The number of aromatic nitrogens is 1. The Morgan fingerprint density at radius 1 is 1.27 bits per heavy atom. The molecular formula is C16H23N3O3. The van der Waals surface area contributed by atoms with Crippen molar-refractivity contribution in [1.29, 1.82) is 0 Å². The van der Waals surface area contributed by atoms with Crippen LogP contribution in [0.15, 0.2) is 24.4 Å². The number of hydrogen-bond donors (Lipinski definition) is 0. The van der Waals surface area contributed by atoms with Gasteiger partial charge in [-0.2, -0.15) is 0 Å². The largest absolute Gasteiger partial charge is 0.444 e. The molecule has 1 atom stereocenters. The summed E-state index contributed by atoms with van der Waals surface area (Å²) in [4.78, 5) is 31.4. The van der Waals surface area contributed by atoms with Crippen LogP contribution in [0.2, 0.25) is 0 Å². The SMILES string of the molecule is CC(C)(C)OC(=O)N1CCN(C(C=O)c2ccccn2)CC1. The summed E-state index contributed by atoms with van der Waals surface area (Å²) in [5.74, 6) is 0. The molecule has 22 heavy (non-hydrogen) atoms. The maximum atomic E-state index is 12.0. The van der Waals surface area contributed by atoms with Crippen molar-refractivity contribution in [3.05, 3.63) is 30.1 Å². The Bertz CT molecular complexity index is 505. The second-order valence-corrected chi connectivity index (χ2v) is 6.34. The van der Waals surface area contributed by atoms with E-state index in [0.717, 1.165) is 12.0 Å². The third-order valence-corrected chi connectivity index (χ3v) is 3.48. The lowest BCUT2D eigenvalue weighted by atomic mass is 10.1. The Labute approximate surface area is 131 Å². The van der Waals surface area contributed by atoms with Gasteiger partial charge in [-0.3, -0.25) is 9.88 Å². The molecule has 1 aromatic heterocycles. The van der Waals surface area contributed by atoms with Gasteiger partial charge in [0, 0.05) is 32.4 Å². The number of piperazine rings is 1. The second kappa shape index (κ2) is 6.87. The molecule has 1 fully saturated rings. The van der Waals surface area contributed by atoms with E-state index in [1.54, 1.807) is 11.1 Å². The predicted molar refractivity (Wildman–Crippen MR) is 82.4 cm³/mol. The van der Waals surface area contributed by atoms with Crippen LogP contribution in [0, 0.1) is 0 Å². The summed E-state index contributed by atoms with van der Waals surface area (Å²) in [7, 11) is 0. The van der Waals surface area contributed by atoms with Gasteiger partial charge in [0.1, 0.15) is 17.9 Å². The van der Waals surface area contributed by atoms with E-state index in [4.69, 9.17) is 4.74 Å². The standard InChI is InChI=1S/C16H23N3O3/c1-16(2,3)22-15(21)19-10-8-18(9-11-19)14(12-20)13-6-4-5-7-17-13/h4-7,12,14H,8-11H2,1-3H3. The van der Waals surface area contributed by atoms with Crippen LogP contribution < -0.4 is 0 Å². The van der Waals surface area contributed by atoms with Crippen molar-refractivity contribution in [3.63, 3.8) is 0 Å². The topological polar surface area (TPSA) is 62.7 Å². The summed E-state index contributed by atoms with van der Waals surface area (Å²) in [5, 5.41) is 0. The molecule has 6 nitrogen and oxygen atoms in total. The molecule has 0 spiro atoms. The zero-order chi connectivity index (χ0) is 16.2. The van der Waals surface area contributed by atoms with E-state index in [1.165, 1.54) is 0 Å². The minimum atomic E-state index is -0.493. The van der Waals surface area contributed by atoms with Gasteiger partial charge in [0.15, 0.2) is 0 Å². The lowest BCUT2D eigenvalue weighted by molar-refractivity contribution is -0.113. The van der Waals surface area contributed by atoms with E-state index < -0.39 is 5.60 Å². The van der Waals surface area contributed by atoms with Crippen molar-refractivity contribution >= 4 is 12.4 Å². The number of carbonyl (C=O) groups is 2. The molecule has 2 heterocycles. The van der Waals surface area contributed by atoms with E-state index in [0.29, 0.717) is 26.2 Å². The van der Waals surface area contributed by atoms with Gasteiger partial charge in [0.25, 0.3) is 0 Å². The predicted octanol–water partition coefficient (Wildman–Crippen LogP) is 1.87. The Kier molecular flexibility index (Phi) is 5.13. The van der Waals surface area contributed by atoms with Gasteiger partial charge in [0.05, 0.1) is 5.69 Å². The van der Waals surface area contributed by atoms with Crippen molar-refractivity contribution < 1.29 is 14.3 Å². The van der Waals surface area contributed by atoms with Crippen LogP contribution in [0.25, 0.3) is 0 Å². The highest BCUT2D eigenvalue weighted by Gasteiger charge is 2.29. The molecule has 1 aliphatic rings. The number of nitrogens with zero attached hydrogens (tertiary/aromatic N) is 3. The first-order valence-corrected chi connectivity index (χ1v) is 7.49. The molecule has 2 rings (SSSR count). The lowest BCUT2D eigenvalue weighted by Crippen LogP contribution is -2.51. The minimum Gasteiger partial charge on any atom is -0.444 e. The number of carbonyl (C=O) groups excluding carboxylic acids is 2. The Morgan fingerprint density at radius 3 is 2.45 bits per heavy atom. The van der Waals surface area contributed by atoms with Crippen LogP contribution in [0.4, 0.5) is 4.79 Å². The van der Waals surface area contributed by atoms with Crippen LogP contribution in [-0.2, 0) is 9.53 Å². The fourth-order valence-electron chi connectivity index (χ4n) is 2.40. The van der Waals surface area contributed by atoms with Gasteiger partial charge < -0.3 is 14.4 Å². The molecule has 0 aliphatic carbocycles. The fourth-order valence-corrected chi connectivity index (χ4v) is 2.40. The summed E-state index contributed by atoms with van der Waals surface area (Å²) in [6, 6.07) is 5.18. The van der Waals surface area contributed by atoms with E-state index in [9.17, 15) is 9.59 Å². The minimum absolute atomic E-state index is 0.298. The highest BCUT2D eigenvalue weighted by atomic mass is 16.6. The summed E-state index contributed by atoms with van der Waals surface area (Å²) in [6.45, 7) is 7.90. The number of aldehydes is 1. The van der Waals surface area contributed by atoms with Crippen molar-refractivity contribution in [2.75, 3.05) is 26.2 Å². The molecular weight excluding hydrogens is 282 g/mol. The molecule has 1 saturated heterocycles. The molecule has 1 aliphatic heterocycles. The maximum absolute atomic E-state index is 12.0.